The summed E-state index contributed by atoms with van der Waals surface area (Å²) < 4.78 is 4.91. The van der Waals surface area contributed by atoms with E-state index in [9.17, 15) is 9.59 Å². The molecule has 0 spiro atoms. The zero-order valence-electron chi connectivity index (χ0n) is 22.7. The lowest BCUT2D eigenvalue weighted by Gasteiger charge is -2.36. The van der Waals surface area contributed by atoms with Crippen LogP contribution in [-0.2, 0) is 20.7 Å². The number of esters is 1. The number of anilines is 2. The lowest BCUT2D eigenvalue weighted by atomic mass is 9.69. The van der Waals surface area contributed by atoms with Crippen LogP contribution in [0.1, 0.15) is 55.6 Å². The molecule has 3 aromatic rings. The summed E-state index contributed by atoms with van der Waals surface area (Å²) in [5.41, 5.74) is 6.25. The second-order valence-corrected chi connectivity index (χ2v) is 11.2. The molecule has 0 aliphatic heterocycles. The summed E-state index contributed by atoms with van der Waals surface area (Å²) in [6, 6.07) is 25.3. The van der Waals surface area contributed by atoms with Crippen LogP contribution < -0.4 is 10.2 Å². The Hall–Kier alpha value is -3.60. The van der Waals surface area contributed by atoms with Crippen molar-refractivity contribution in [2.45, 2.75) is 50.9 Å². The molecule has 38 heavy (non-hydrogen) atoms. The van der Waals surface area contributed by atoms with Gasteiger partial charge < -0.3 is 15.0 Å². The molecule has 198 valence electrons. The Morgan fingerprint density at radius 3 is 2.21 bits per heavy atom. The van der Waals surface area contributed by atoms with Crippen molar-refractivity contribution in [2.24, 2.45) is 11.3 Å². The molecule has 2 saturated carbocycles. The van der Waals surface area contributed by atoms with E-state index in [0.29, 0.717) is 0 Å². The minimum absolute atomic E-state index is 0.0652. The molecule has 2 aliphatic carbocycles. The maximum absolute atomic E-state index is 13.8. The fourth-order valence-corrected chi connectivity index (χ4v) is 5.96. The van der Waals surface area contributed by atoms with Gasteiger partial charge in [0.15, 0.2) is 0 Å². The summed E-state index contributed by atoms with van der Waals surface area (Å²) in [6.07, 6.45) is 6.69. The van der Waals surface area contributed by atoms with Crippen molar-refractivity contribution in [3.8, 4) is 11.1 Å². The van der Waals surface area contributed by atoms with Gasteiger partial charge in [-0.05, 0) is 78.1 Å². The van der Waals surface area contributed by atoms with Gasteiger partial charge in [-0.3, -0.25) is 9.59 Å². The van der Waals surface area contributed by atoms with Gasteiger partial charge in [0.25, 0.3) is 0 Å². The van der Waals surface area contributed by atoms with E-state index in [2.05, 4.69) is 58.7 Å². The van der Waals surface area contributed by atoms with Crippen LogP contribution in [0.15, 0.2) is 72.8 Å². The van der Waals surface area contributed by atoms with Gasteiger partial charge >= 0.3 is 5.97 Å². The molecule has 2 aliphatic rings. The van der Waals surface area contributed by atoms with E-state index in [1.54, 1.807) is 0 Å². The number of rotatable bonds is 8. The molecule has 1 amide bonds. The first-order valence-electron chi connectivity index (χ1n) is 13.7. The standard InChI is InChI=1S/C33H38N2O3/c1-35(2)28-16-14-25(15-17-28)24-12-10-23(11-13-24)22-33(18-5-4-6-19-33)32(37)34-27-9-7-8-26(20-27)29-21-30(29)31(36)38-3/h7-17,20,29-30H,4-6,18-19,21-22H2,1-3H3,(H,34,37). The Labute approximate surface area is 226 Å². The van der Waals surface area contributed by atoms with E-state index >= 15 is 0 Å². The molecular formula is C33H38N2O3. The zero-order valence-corrected chi connectivity index (χ0v) is 22.7. The summed E-state index contributed by atoms with van der Waals surface area (Å²) >= 11 is 0. The third-order valence-corrected chi connectivity index (χ3v) is 8.37. The first-order chi connectivity index (χ1) is 18.4. The van der Waals surface area contributed by atoms with Gasteiger partial charge in [-0.2, -0.15) is 0 Å². The summed E-state index contributed by atoms with van der Waals surface area (Å²) in [6.45, 7) is 0. The van der Waals surface area contributed by atoms with E-state index < -0.39 is 5.41 Å². The molecule has 3 aromatic carbocycles. The van der Waals surface area contributed by atoms with E-state index in [-0.39, 0.29) is 23.7 Å². The van der Waals surface area contributed by atoms with Gasteiger partial charge in [0.1, 0.15) is 0 Å². The van der Waals surface area contributed by atoms with Crippen LogP contribution in [0.25, 0.3) is 11.1 Å². The third kappa shape index (κ3) is 5.62. The van der Waals surface area contributed by atoms with Gasteiger partial charge in [0.05, 0.1) is 18.4 Å². The van der Waals surface area contributed by atoms with Crippen molar-refractivity contribution < 1.29 is 14.3 Å². The van der Waals surface area contributed by atoms with Gasteiger partial charge in [-0.15, -0.1) is 0 Å². The Bertz CT molecular complexity index is 1270. The lowest BCUT2D eigenvalue weighted by Crippen LogP contribution is -2.40. The smallest absolute Gasteiger partial charge is 0.309 e. The molecule has 0 saturated heterocycles. The highest BCUT2D eigenvalue weighted by molar-refractivity contribution is 5.95. The molecule has 5 rings (SSSR count). The van der Waals surface area contributed by atoms with Gasteiger partial charge in [-0.25, -0.2) is 0 Å². The molecule has 0 bridgehead atoms. The number of benzene rings is 3. The molecule has 0 aromatic heterocycles. The summed E-state index contributed by atoms with van der Waals surface area (Å²) in [7, 11) is 5.53. The molecule has 5 heteroatoms. The SMILES string of the molecule is COC(=O)C1CC1c1cccc(NC(=O)C2(Cc3ccc(-c4ccc(N(C)C)cc4)cc3)CCCCC2)c1. The number of ether oxygens (including phenoxy) is 1. The minimum Gasteiger partial charge on any atom is -0.469 e. The van der Waals surface area contributed by atoms with E-state index in [1.807, 2.05) is 38.4 Å². The Balaban J connectivity index is 1.29. The van der Waals surface area contributed by atoms with Crippen LogP contribution in [0.2, 0.25) is 0 Å². The second kappa shape index (κ2) is 11.0. The molecule has 1 N–H and O–H groups in total. The number of nitrogens with one attached hydrogen (secondary N) is 1. The normalized spacial score (nSPS) is 19.9. The number of carbonyl (C=O) groups excluding carboxylic acids is 2. The maximum Gasteiger partial charge on any atom is 0.309 e. The number of hydrogen-bond donors (Lipinski definition) is 1. The molecule has 0 heterocycles. The molecule has 5 nitrogen and oxygen atoms in total. The summed E-state index contributed by atoms with van der Waals surface area (Å²) in [4.78, 5) is 27.8. The average molecular weight is 511 g/mol. The lowest BCUT2D eigenvalue weighted by molar-refractivity contribution is -0.142. The fourth-order valence-electron chi connectivity index (χ4n) is 5.96. The van der Waals surface area contributed by atoms with Crippen molar-refractivity contribution in [2.75, 3.05) is 31.4 Å². The van der Waals surface area contributed by atoms with Crippen molar-refractivity contribution in [1.29, 1.82) is 0 Å². The van der Waals surface area contributed by atoms with E-state index in [0.717, 1.165) is 49.8 Å². The van der Waals surface area contributed by atoms with Crippen LogP contribution in [0.5, 0.6) is 0 Å². The predicted molar refractivity (Wildman–Crippen MR) is 153 cm³/mol. The van der Waals surface area contributed by atoms with Crippen molar-refractivity contribution in [3.05, 3.63) is 83.9 Å². The van der Waals surface area contributed by atoms with Gasteiger partial charge in [0.2, 0.25) is 5.91 Å². The van der Waals surface area contributed by atoms with Crippen molar-refractivity contribution in [3.63, 3.8) is 0 Å². The Kier molecular flexibility index (Phi) is 7.55. The number of methoxy groups -OCH3 is 1. The van der Waals surface area contributed by atoms with Crippen molar-refractivity contribution >= 4 is 23.3 Å². The Morgan fingerprint density at radius 1 is 0.921 bits per heavy atom. The van der Waals surface area contributed by atoms with Crippen LogP contribution in [-0.4, -0.2) is 33.1 Å². The summed E-state index contributed by atoms with van der Waals surface area (Å²) in [5, 5.41) is 3.25. The van der Waals surface area contributed by atoms with Crippen LogP contribution in [0.4, 0.5) is 11.4 Å². The first kappa shape index (κ1) is 26.0. The topological polar surface area (TPSA) is 58.6 Å². The van der Waals surface area contributed by atoms with Crippen LogP contribution in [0, 0.1) is 11.3 Å². The third-order valence-electron chi connectivity index (χ3n) is 8.37. The predicted octanol–water partition coefficient (Wildman–Crippen LogP) is 6.83. The number of hydrogen-bond acceptors (Lipinski definition) is 4. The molecule has 2 atom stereocenters. The van der Waals surface area contributed by atoms with Gasteiger partial charge in [-0.1, -0.05) is 67.8 Å². The first-order valence-corrected chi connectivity index (χ1v) is 13.7. The molecule has 2 fully saturated rings. The average Bonchev–Trinajstić information content (AvgIpc) is 3.75. The molecule has 2 unspecified atom stereocenters. The second-order valence-electron chi connectivity index (χ2n) is 11.2. The van der Waals surface area contributed by atoms with E-state index in [1.165, 1.54) is 35.9 Å². The Morgan fingerprint density at radius 2 is 1.58 bits per heavy atom. The zero-order chi connectivity index (χ0) is 26.7. The maximum atomic E-state index is 13.8. The summed E-state index contributed by atoms with van der Waals surface area (Å²) in [5.74, 6) is 0.0743. The highest BCUT2D eigenvalue weighted by Crippen LogP contribution is 2.48. The van der Waals surface area contributed by atoms with Crippen LogP contribution >= 0.6 is 0 Å². The van der Waals surface area contributed by atoms with Crippen LogP contribution in [0.3, 0.4) is 0 Å². The quantitative estimate of drug-likeness (QED) is 0.338. The fraction of sp³-hybridized carbons (Fsp3) is 0.394. The largest absolute Gasteiger partial charge is 0.469 e. The number of carbonyl (C=O) groups is 2. The number of amides is 1. The highest BCUT2D eigenvalue weighted by Gasteiger charge is 2.45. The number of nitrogens with zero attached hydrogens (tertiary/aromatic N) is 1. The monoisotopic (exact) mass is 510 g/mol. The van der Waals surface area contributed by atoms with E-state index in [4.69, 9.17) is 4.74 Å². The van der Waals surface area contributed by atoms with Crippen molar-refractivity contribution in [1.82, 2.24) is 0 Å². The highest BCUT2D eigenvalue weighted by atomic mass is 16.5. The molecular weight excluding hydrogens is 472 g/mol. The molecule has 0 radical (unpaired) electrons. The minimum atomic E-state index is -0.405. The van der Waals surface area contributed by atoms with Gasteiger partial charge in [0, 0.05) is 25.5 Å².